The van der Waals surface area contributed by atoms with Gasteiger partial charge in [0.05, 0.1) is 27.8 Å². The van der Waals surface area contributed by atoms with Crippen LogP contribution in [0.2, 0.25) is 0 Å². The van der Waals surface area contributed by atoms with Crippen LogP contribution in [-0.4, -0.2) is 0 Å². The quantitative estimate of drug-likeness (QED) is 0.135. The molecule has 0 fully saturated rings. The van der Waals surface area contributed by atoms with Crippen molar-refractivity contribution in [2.24, 2.45) is 35.2 Å². The summed E-state index contributed by atoms with van der Waals surface area (Å²) < 4.78 is 47.7. The highest BCUT2D eigenvalue weighted by Crippen LogP contribution is 2.58. The van der Waals surface area contributed by atoms with E-state index >= 15 is 0 Å². The van der Waals surface area contributed by atoms with Crippen LogP contribution < -0.4 is 22.8 Å². The first-order chi connectivity index (χ1) is 60.1. The Morgan fingerprint density at radius 2 is 0.548 bits per heavy atom. The summed E-state index contributed by atoms with van der Waals surface area (Å²) >= 11 is 0. The van der Waals surface area contributed by atoms with Gasteiger partial charge < -0.3 is 0 Å². The summed E-state index contributed by atoms with van der Waals surface area (Å²) in [7, 11) is 10.3. The molecule has 0 bridgehead atoms. The summed E-state index contributed by atoms with van der Waals surface area (Å²) in [5.41, 5.74) is 48.6. The number of pyridine rings is 5. The molecule has 5 heterocycles. The predicted octanol–water partition coefficient (Wildman–Crippen LogP) is 27.6. The molecule has 636 valence electrons. The minimum Gasteiger partial charge on any atom is -0.207 e. The van der Waals surface area contributed by atoms with E-state index in [-0.39, 0.29) is 38.7 Å². The molecule has 0 atom stereocenters. The van der Waals surface area contributed by atoms with Gasteiger partial charge in [-0.1, -0.05) is 293 Å². The second-order valence-electron chi connectivity index (χ2n) is 39.5. The standard InChI is InChI=1S/3C25H28N.2C22H21FN/c2*1-16(2)18-12-14-22(26(6)15-18)23-17(3)11-13-21-24(23)19-9-7-8-10-20(19)25(21,4)5;1-16(2)18-13-14-26(6)22(15-18)23-17(3)11-12-21-24(23)19-9-7-8-10-20(19)25(21,4)5;1-14-11-12-17-20(15-8-5-6-9-16(15)22(17,2)3)19(14)21-18(23)10-7-13-24(21)4;1-14-9-10-18-21(16-7-5-6-8-17(16)22(18,2)3)20(14)19-13-15(23)11-12-24(19)4/h3*7-16H,1-6H3;2*5-13H,1-4H3/q5*+1/i16D;;;;. The molecule has 5 nitrogen and oxygen atoms in total. The summed E-state index contributed by atoms with van der Waals surface area (Å²) in [6.07, 6.45) is 10.3. The van der Waals surface area contributed by atoms with Crippen LogP contribution in [0.3, 0.4) is 0 Å². The highest BCUT2D eigenvalue weighted by molar-refractivity contribution is 5.97. The summed E-state index contributed by atoms with van der Waals surface area (Å²) in [6.45, 7) is 46.8. The molecule has 0 saturated heterocycles. The van der Waals surface area contributed by atoms with E-state index in [4.69, 9.17) is 1.37 Å². The Kier molecular flexibility index (Phi) is 22.5. The second kappa shape index (κ2) is 33.0. The van der Waals surface area contributed by atoms with Crippen LogP contribution in [-0.2, 0) is 62.3 Å². The van der Waals surface area contributed by atoms with Crippen LogP contribution >= 0.6 is 0 Å². The van der Waals surface area contributed by atoms with Crippen LogP contribution in [0.1, 0.15) is 230 Å². The molecule has 0 radical (unpaired) electrons. The molecule has 20 rings (SSSR count). The summed E-state index contributed by atoms with van der Waals surface area (Å²) in [5.74, 6) is 0.0797. The van der Waals surface area contributed by atoms with Crippen LogP contribution in [0.25, 0.3) is 112 Å². The van der Waals surface area contributed by atoms with Gasteiger partial charge in [-0.3, -0.25) is 0 Å². The first-order valence-electron chi connectivity index (χ1n) is 45.6. The van der Waals surface area contributed by atoms with Gasteiger partial charge in [0.25, 0.3) is 0 Å². The number of fused-ring (bicyclic) bond motifs is 15. The van der Waals surface area contributed by atoms with Gasteiger partial charge in [-0.05, 0) is 187 Å². The highest BCUT2D eigenvalue weighted by Gasteiger charge is 2.45. The third-order valence-corrected chi connectivity index (χ3v) is 28.7. The first-order valence-corrected chi connectivity index (χ1v) is 45.1. The third-order valence-electron chi connectivity index (χ3n) is 28.7. The molecule has 15 aromatic rings. The third kappa shape index (κ3) is 14.7. The lowest BCUT2D eigenvalue weighted by Crippen LogP contribution is -2.32. The molecule has 5 aromatic heterocycles. The van der Waals surface area contributed by atoms with Crippen LogP contribution in [0.5, 0.6) is 0 Å². The monoisotopic (exact) mass is 1660 g/mol. The van der Waals surface area contributed by atoms with Crippen LogP contribution in [0.15, 0.2) is 274 Å². The van der Waals surface area contributed by atoms with E-state index in [1.807, 2.05) is 43.3 Å². The molecule has 10 aromatic carbocycles. The molecule has 126 heavy (non-hydrogen) atoms. The maximum atomic E-state index is 14.7. The van der Waals surface area contributed by atoms with E-state index in [1.54, 1.807) is 24.4 Å². The molecular formula is C119H126F2N5+5. The zero-order valence-corrected chi connectivity index (χ0v) is 79.1. The van der Waals surface area contributed by atoms with Crippen LogP contribution in [0.4, 0.5) is 8.78 Å². The smallest absolute Gasteiger partial charge is 0.207 e. The molecular weight excluding hydrogens is 1540 g/mol. The fraction of sp³-hybridized carbons (Fsp3) is 0.286. The normalized spacial score (nSPS) is 14.6. The van der Waals surface area contributed by atoms with E-state index in [1.165, 1.54) is 184 Å². The van der Waals surface area contributed by atoms with E-state index in [0.717, 1.165) is 27.9 Å². The molecule has 0 amide bonds. The number of aromatic nitrogens is 5. The number of rotatable bonds is 8. The van der Waals surface area contributed by atoms with Crippen molar-refractivity contribution in [2.75, 3.05) is 0 Å². The second-order valence-corrected chi connectivity index (χ2v) is 39.5. The Hall–Kier alpha value is -12.2. The number of nitrogens with zero attached hydrogens (tertiary/aromatic N) is 5. The van der Waals surface area contributed by atoms with Crippen molar-refractivity contribution in [3.05, 3.63) is 385 Å². The zero-order valence-electron chi connectivity index (χ0n) is 80.1. The van der Waals surface area contributed by atoms with Gasteiger partial charge in [0.2, 0.25) is 28.5 Å². The lowest BCUT2D eigenvalue weighted by molar-refractivity contribution is -0.661. The van der Waals surface area contributed by atoms with E-state index in [0.29, 0.717) is 17.5 Å². The average molecular weight is 1670 g/mol. The number of hydrogen-bond acceptors (Lipinski definition) is 0. The van der Waals surface area contributed by atoms with E-state index < -0.39 is 5.89 Å². The number of halogens is 2. The topological polar surface area (TPSA) is 19.4 Å². The van der Waals surface area contributed by atoms with Crippen molar-refractivity contribution >= 4 is 0 Å². The number of aryl methyl sites for hydroxylation is 10. The van der Waals surface area contributed by atoms with Crippen molar-refractivity contribution in [3.8, 4) is 112 Å². The maximum absolute atomic E-state index is 14.7. The van der Waals surface area contributed by atoms with E-state index in [2.05, 4.69) is 403 Å². The average Bonchev–Trinajstić information content (AvgIpc) is 1.58. The lowest BCUT2D eigenvalue weighted by Gasteiger charge is -2.22. The predicted molar refractivity (Wildman–Crippen MR) is 519 cm³/mol. The van der Waals surface area contributed by atoms with Gasteiger partial charge in [0.15, 0.2) is 36.8 Å². The van der Waals surface area contributed by atoms with Gasteiger partial charge in [-0.15, -0.1) is 0 Å². The Balaban J connectivity index is 0.000000117. The van der Waals surface area contributed by atoms with E-state index in [9.17, 15) is 8.78 Å². The van der Waals surface area contributed by atoms with Crippen molar-refractivity contribution in [1.82, 2.24) is 0 Å². The van der Waals surface area contributed by atoms with Crippen LogP contribution in [0, 0.1) is 46.3 Å². The van der Waals surface area contributed by atoms with Crippen molar-refractivity contribution in [3.63, 3.8) is 0 Å². The van der Waals surface area contributed by atoms with Gasteiger partial charge in [0.1, 0.15) is 41.1 Å². The fourth-order valence-corrected chi connectivity index (χ4v) is 21.4. The summed E-state index contributed by atoms with van der Waals surface area (Å²) in [4.78, 5) is 0. The molecule has 0 saturated carbocycles. The summed E-state index contributed by atoms with van der Waals surface area (Å²) in [5, 5.41) is 0. The van der Waals surface area contributed by atoms with Crippen molar-refractivity contribution < 1.29 is 33.0 Å². The zero-order chi connectivity index (χ0) is 91.0. The van der Waals surface area contributed by atoms with Crippen molar-refractivity contribution in [2.45, 2.75) is 190 Å². The molecule has 7 heteroatoms. The Bertz CT molecular complexity index is 6910. The Morgan fingerprint density at radius 3 is 0.873 bits per heavy atom. The fourth-order valence-electron chi connectivity index (χ4n) is 21.4. The summed E-state index contributed by atoms with van der Waals surface area (Å²) in [6, 6.07) is 86.1. The van der Waals surface area contributed by atoms with Crippen molar-refractivity contribution in [1.29, 1.82) is 0 Å². The minimum atomic E-state index is -0.599. The number of hydrogen-bond donors (Lipinski definition) is 0. The van der Waals surface area contributed by atoms with Gasteiger partial charge in [0, 0.05) is 110 Å². The Labute approximate surface area is 751 Å². The van der Waals surface area contributed by atoms with Gasteiger partial charge >= 0.3 is 0 Å². The molecule has 0 aliphatic heterocycles. The minimum absolute atomic E-state index is 0.00998. The molecule has 0 spiro atoms. The van der Waals surface area contributed by atoms with Gasteiger partial charge in [-0.2, -0.15) is 8.96 Å². The molecule has 5 aliphatic rings. The Morgan fingerprint density at radius 1 is 0.254 bits per heavy atom. The lowest BCUT2D eigenvalue weighted by atomic mass is 9.81. The first kappa shape index (κ1) is 86.0. The number of benzene rings is 10. The maximum Gasteiger partial charge on any atom is 0.249 e. The largest absolute Gasteiger partial charge is 0.249 e. The molecule has 0 unspecified atom stereocenters. The highest BCUT2D eigenvalue weighted by atomic mass is 19.1. The SMILES string of the molecule is Cc1ccc2c(c1-c1c(F)ccc[n+]1C)-c1ccccc1C2(C)C.Cc1ccc2c(c1-c1cc(C(C)C)cc[n+]1C)-c1ccccc1C2(C)C.Cc1ccc2c(c1-c1cc(F)cc[n+]1C)-c1ccccc1C2(C)C.Cc1ccc2c(c1-c1ccc(C(C)C)c[n+]1C)-c1ccccc1C2(C)C.[2H]C(C)(C)c1ccc(-c2c(C)ccc3c2-c2ccccc2C3(C)C)[n+](C)c1. The molecule has 5 aliphatic carbocycles. The van der Waals surface area contributed by atoms with Gasteiger partial charge in [-0.25, -0.2) is 22.7 Å². The molecule has 0 N–H and O–H groups in total.